The number of hydrogen-bond donors (Lipinski definition) is 4. The Hall–Kier alpha value is -9.13. The smallest absolute Gasteiger partial charge is 0.306 e. The highest BCUT2D eigenvalue weighted by molar-refractivity contribution is 6.09. The largest absolute Gasteiger partial charge is 0.323 e. The number of hydrazone groups is 2. The van der Waals surface area contributed by atoms with Crippen LogP contribution in [0.3, 0.4) is 0 Å². The van der Waals surface area contributed by atoms with Gasteiger partial charge in [0.1, 0.15) is 22.4 Å². The summed E-state index contributed by atoms with van der Waals surface area (Å²) in [6, 6.07) is 31.5. The zero-order valence-corrected chi connectivity index (χ0v) is 30.6. The Balaban J connectivity index is 0.947. The predicted molar refractivity (Wildman–Crippen MR) is 223 cm³/mol. The summed E-state index contributed by atoms with van der Waals surface area (Å²) >= 11 is 0. The number of fused-ring (bicyclic) bond motifs is 4. The first-order valence-corrected chi connectivity index (χ1v) is 17.7. The van der Waals surface area contributed by atoms with Gasteiger partial charge in [-0.25, -0.2) is 35.6 Å². The van der Waals surface area contributed by atoms with Gasteiger partial charge in [-0.1, -0.05) is 72.8 Å². The second kappa shape index (κ2) is 16.2. The Kier molecular flexibility index (Phi) is 10.2. The van der Waals surface area contributed by atoms with E-state index in [4.69, 9.17) is 0 Å². The summed E-state index contributed by atoms with van der Waals surface area (Å²) in [6.45, 7) is 0. The molecule has 0 saturated heterocycles. The van der Waals surface area contributed by atoms with Crippen LogP contribution in [0, 0.1) is 20.2 Å². The van der Waals surface area contributed by atoms with Crippen molar-refractivity contribution in [1.29, 1.82) is 0 Å². The molecule has 4 N–H and O–H groups in total. The van der Waals surface area contributed by atoms with E-state index in [2.05, 4.69) is 51.6 Å². The van der Waals surface area contributed by atoms with Crippen molar-refractivity contribution in [3.8, 4) is 0 Å². The first kappa shape index (κ1) is 37.8. The van der Waals surface area contributed by atoms with E-state index < -0.39 is 27.7 Å². The highest BCUT2D eigenvalue weighted by Gasteiger charge is 2.17. The number of nitrogens with one attached hydrogen (secondary N) is 4. The number of para-hydroxylation sites is 4. The zero-order valence-electron chi connectivity index (χ0n) is 30.6. The maximum atomic E-state index is 13.4. The molecule has 0 bridgehead atoms. The molecular weight excluding hydrogens is 773 g/mol. The number of rotatable bonds is 10. The van der Waals surface area contributed by atoms with Gasteiger partial charge in [0.15, 0.2) is 0 Å². The molecule has 4 aromatic carbocycles. The van der Waals surface area contributed by atoms with Crippen molar-refractivity contribution in [3.05, 3.63) is 164 Å². The van der Waals surface area contributed by atoms with E-state index in [0.717, 1.165) is 0 Å². The monoisotopic (exact) mass is 798 g/mol. The summed E-state index contributed by atoms with van der Waals surface area (Å²) in [6.07, 6.45) is 2.50. The first-order valence-electron chi connectivity index (χ1n) is 17.7. The SMILES string of the molecule is O=C(Nc1cccc2ccc(C(=O)N/N=C/c3ccc4cccc([N+](=O)[O-])c4n3)nc12)Nc1cccc2ccc(C(=O)N/N=C/c3ccc4cccc([N+](=O)[O-])c4n3)nc12. The lowest BCUT2D eigenvalue weighted by atomic mass is 10.1. The van der Waals surface area contributed by atoms with Gasteiger partial charge in [-0.15, -0.1) is 0 Å². The van der Waals surface area contributed by atoms with E-state index in [0.29, 0.717) is 32.6 Å². The lowest BCUT2D eigenvalue weighted by Gasteiger charge is -2.12. The van der Waals surface area contributed by atoms with Crippen LogP contribution in [-0.4, -0.2) is 60.1 Å². The van der Waals surface area contributed by atoms with Gasteiger partial charge < -0.3 is 10.6 Å². The number of hydrogen-bond acceptors (Lipinski definition) is 13. The maximum Gasteiger partial charge on any atom is 0.323 e. The molecule has 0 spiro atoms. The molecule has 0 aliphatic rings. The Morgan fingerprint density at radius 2 is 0.867 bits per heavy atom. The molecule has 19 nitrogen and oxygen atoms in total. The van der Waals surface area contributed by atoms with Crippen molar-refractivity contribution in [2.24, 2.45) is 10.2 Å². The number of anilines is 2. The van der Waals surface area contributed by atoms with Gasteiger partial charge in [0.2, 0.25) is 0 Å². The second-order valence-corrected chi connectivity index (χ2v) is 12.8. The minimum atomic E-state index is -0.664. The van der Waals surface area contributed by atoms with Gasteiger partial charge in [0.05, 0.1) is 56.1 Å². The number of non-ortho nitro benzene ring substituents is 2. The fraction of sp³-hybridized carbons (Fsp3) is 0. The number of carbonyl (C=O) groups excluding carboxylic acids is 3. The molecule has 0 saturated carbocycles. The lowest BCUT2D eigenvalue weighted by Crippen LogP contribution is -2.21. The number of nitrogens with zero attached hydrogens (tertiary/aromatic N) is 8. The van der Waals surface area contributed by atoms with E-state index in [1.807, 2.05) is 0 Å². The number of nitro groups is 2. The number of amides is 4. The minimum absolute atomic E-state index is 0.0117. The van der Waals surface area contributed by atoms with Crippen molar-refractivity contribution in [2.45, 2.75) is 0 Å². The summed E-state index contributed by atoms with van der Waals surface area (Å²) in [5.41, 5.74) is 6.51. The third-order valence-electron chi connectivity index (χ3n) is 8.96. The fourth-order valence-electron chi connectivity index (χ4n) is 6.18. The van der Waals surface area contributed by atoms with Crippen LogP contribution in [0.4, 0.5) is 27.5 Å². The molecule has 60 heavy (non-hydrogen) atoms. The summed E-state index contributed by atoms with van der Waals surface area (Å²) < 4.78 is 0. The molecule has 0 atom stereocenters. The topological polar surface area (TPSA) is 262 Å². The predicted octanol–water partition coefficient (Wildman–Crippen LogP) is 6.87. The van der Waals surface area contributed by atoms with Crippen LogP contribution < -0.4 is 21.5 Å². The van der Waals surface area contributed by atoms with Gasteiger partial charge in [0.25, 0.3) is 23.2 Å². The first-order chi connectivity index (χ1) is 29.1. The Labute approximate surface area is 336 Å². The Morgan fingerprint density at radius 1 is 0.483 bits per heavy atom. The molecule has 19 heteroatoms. The van der Waals surface area contributed by atoms with Crippen molar-refractivity contribution in [1.82, 2.24) is 30.8 Å². The number of carbonyl (C=O) groups is 3. The van der Waals surface area contributed by atoms with Crippen LogP contribution in [0.2, 0.25) is 0 Å². The summed E-state index contributed by atoms with van der Waals surface area (Å²) in [5, 5.41) is 38.7. The minimum Gasteiger partial charge on any atom is -0.306 e. The molecule has 4 heterocycles. The van der Waals surface area contributed by atoms with Crippen LogP contribution in [0.25, 0.3) is 43.6 Å². The van der Waals surface area contributed by atoms with Crippen LogP contribution in [0.15, 0.2) is 132 Å². The Bertz CT molecular complexity index is 2950. The number of pyridine rings is 4. The molecule has 0 fully saturated rings. The quantitative estimate of drug-likeness (QED) is 0.0630. The van der Waals surface area contributed by atoms with Gasteiger partial charge in [-0.2, -0.15) is 10.2 Å². The van der Waals surface area contributed by atoms with Crippen LogP contribution >= 0.6 is 0 Å². The van der Waals surface area contributed by atoms with E-state index >= 15 is 0 Å². The van der Waals surface area contributed by atoms with Crippen LogP contribution in [-0.2, 0) is 0 Å². The molecule has 0 radical (unpaired) electrons. The average Bonchev–Trinajstić information content (AvgIpc) is 3.25. The summed E-state index contributed by atoms with van der Waals surface area (Å²) in [7, 11) is 0. The second-order valence-electron chi connectivity index (χ2n) is 12.8. The molecule has 8 aromatic rings. The maximum absolute atomic E-state index is 13.4. The van der Waals surface area contributed by atoms with Crippen molar-refractivity contribution in [3.63, 3.8) is 0 Å². The molecule has 4 amide bonds. The highest BCUT2D eigenvalue weighted by atomic mass is 16.6. The normalized spacial score (nSPS) is 11.3. The average molecular weight is 799 g/mol. The van der Waals surface area contributed by atoms with Gasteiger partial charge >= 0.3 is 6.03 Å². The van der Waals surface area contributed by atoms with Crippen molar-refractivity contribution >= 4 is 96.6 Å². The van der Waals surface area contributed by atoms with Gasteiger partial charge in [-0.3, -0.25) is 29.8 Å². The number of benzene rings is 4. The third-order valence-corrected chi connectivity index (χ3v) is 8.96. The van der Waals surface area contributed by atoms with E-state index in [-0.39, 0.29) is 56.6 Å². The molecule has 0 aliphatic heterocycles. The number of urea groups is 1. The van der Waals surface area contributed by atoms with Gasteiger partial charge in [0, 0.05) is 33.7 Å². The standard InChI is InChI=1S/C41H26N12O7/c54-39(50-42-21-27-17-13-25-7-3-11-33(52(57)58)37(25)44-27)31-19-15-23-5-1-9-29(35(23)46-31)48-41(56)49-30-10-2-6-24-16-20-32(47-36(24)30)40(55)51-43-22-28-18-14-26-8-4-12-34(53(59)60)38(26)45-28/h1-22H,(H,50,54)(H,51,55)(H2,48,49,56)/b42-21+,43-22+. The van der Waals surface area contributed by atoms with E-state index in [9.17, 15) is 34.6 Å². The number of aromatic nitrogens is 4. The molecule has 8 rings (SSSR count). The Morgan fingerprint density at radius 3 is 1.28 bits per heavy atom. The van der Waals surface area contributed by atoms with Crippen molar-refractivity contribution < 1.29 is 24.2 Å². The third kappa shape index (κ3) is 7.93. The summed E-state index contributed by atoms with van der Waals surface area (Å²) in [5.74, 6) is -1.33. The molecule has 4 aromatic heterocycles. The highest BCUT2D eigenvalue weighted by Crippen LogP contribution is 2.27. The van der Waals surface area contributed by atoms with Crippen LogP contribution in [0.5, 0.6) is 0 Å². The van der Waals surface area contributed by atoms with E-state index in [1.165, 1.54) is 36.7 Å². The molecule has 0 aliphatic carbocycles. The van der Waals surface area contributed by atoms with Crippen LogP contribution in [0.1, 0.15) is 32.4 Å². The zero-order chi connectivity index (χ0) is 41.8. The molecule has 292 valence electrons. The lowest BCUT2D eigenvalue weighted by molar-refractivity contribution is -0.383. The molecular formula is C41H26N12O7. The summed E-state index contributed by atoms with van der Waals surface area (Å²) in [4.78, 5) is 78.8. The van der Waals surface area contributed by atoms with E-state index in [1.54, 1.807) is 97.1 Å². The fourth-order valence-corrected chi connectivity index (χ4v) is 6.18. The molecule has 0 unspecified atom stereocenters. The number of nitro benzene ring substituents is 2. The van der Waals surface area contributed by atoms with Gasteiger partial charge in [-0.05, 0) is 36.4 Å². The van der Waals surface area contributed by atoms with Crippen molar-refractivity contribution in [2.75, 3.05) is 10.6 Å².